The number of aromatic amines is 1. The maximum absolute atomic E-state index is 12.7. The summed E-state index contributed by atoms with van der Waals surface area (Å²) in [7, 11) is 0. The summed E-state index contributed by atoms with van der Waals surface area (Å²) >= 11 is 0. The molecule has 1 aliphatic rings. The van der Waals surface area contributed by atoms with Gasteiger partial charge >= 0.3 is 0 Å². The van der Waals surface area contributed by atoms with Gasteiger partial charge in [0.2, 0.25) is 0 Å². The second-order valence-corrected chi connectivity index (χ2v) is 7.03. The van der Waals surface area contributed by atoms with Crippen molar-refractivity contribution < 1.29 is 4.79 Å². The molecule has 5 nitrogen and oxygen atoms in total. The third-order valence-corrected chi connectivity index (χ3v) is 5.25. The number of H-pyrrole nitrogens is 1. The van der Waals surface area contributed by atoms with Crippen LogP contribution in [0.3, 0.4) is 0 Å². The molecule has 0 fully saturated rings. The number of nitrogens with two attached hydrogens (primary N) is 2. The zero-order valence-electron chi connectivity index (χ0n) is 14.3. The van der Waals surface area contributed by atoms with Gasteiger partial charge < -0.3 is 16.5 Å². The molecule has 25 heavy (non-hydrogen) atoms. The summed E-state index contributed by atoms with van der Waals surface area (Å²) in [6, 6.07) is 9.28. The van der Waals surface area contributed by atoms with E-state index < -0.39 is 5.66 Å². The number of hydrogen-bond donors (Lipinski definition) is 3. The van der Waals surface area contributed by atoms with Crippen molar-refractivity contribution in [2.24, 2.45) is 17.4 Å². The lowest BCUT2D eigenvalue weighted by Gasteiger charge is -2.34. The second-order valence-electron chi connectivity index (χ2n) is 7.03. The van der Waals surface area contributed by atoms with Gasteiger partial charge in [-0.1, -0.05) is 13.3 Å². The highest BCUT2D eigenvalue weighted by molar-refractivity contribution is 6.10. The molecule has 1 aromatic carbocycles. The monoisotopic (exact) mass is 334 g/mol. The molecule has 5 N–H and O–H groups in total. The van der Waals surface area contributed by atoms with Gasteiger partial charge in [0.25, 0.3) is 0 Å². The molecule has 0 amide bonds. The van der Waals surface area contributed by atoms with Crippen LogP contribution in [-0.4, -0.2) is 15.8 Å². The molecule has 1 unspecified atom stereocenters. The molecule has 1 aliphatic carbocycles. The van der Waals surface area contributed by atoms with E-state index in [2.05, 4.69) is 16.9 Å². The number of benzene rings is 1. The van der Waals surface area contributed by atoms with Crippen molar-refractivity contribution in [2.45, 2.75) is 31.8 Å². The molecule has 0 saturated heterocycles. The lowest BCUT2D eigenvalue weighted by atomic mass is 9.79. The Balaban J connectivity index is 1.83. The molecular weight excluding hydrogens is 312 g/mol. The summed E-state index contributed by atoms with van der Waals surface area (Å²) in [5.41, 5.74) is 16.2. The Kier molecular flexibility index (Phi) is 3.71. The first-order chi connectivity index (χ1) is 12.0. The smallest absolute Gasteiger partial charge is 0.194 e. The lowest BCUT2D eigenvalue weighted by molar-refractivity contribution is 0.103. The van der Waals surface area contributed by atoms with Crippen molar-refractivity contribution in [1.82, 2.24) is 9.97 Å². The fourth-order valence-electron chi connectivity index (χ4n) is 3.89. The van der Waals surface area contributed by atoms with Gasteiger partial charge in [0.1, 0.15) is 5.66 Å². The van der Waals surface area contributed by atoms with Crippen LogP contribution in [0.25, 0.3) is 10.9 Å². The van der Waals surface area contributed by atoms with Crippen LogP contribution in [0.5, 0.6) is 0 Å². The summed E-state index contributed by atoms with van der Waals surface area (Å²) in [4.78, 5) is 20.1. The van der Waals surface area contributed by atoms with E-state index in [1.165, 1.54) is 0 Å². The van der Waals surface area contributed by atoms with Crippen molar-refractivity contribution in [2.75, 3.05) is 0 Å². The largest absolute Gasteiger partial charge is 0.356 e. The molecule has 0 aliphatic heterocycles. The summed E-state index contributed by atoms with van der Waals surface area (Å²) in [5.74, 6) is 0.429. The number of aromatic nitrogens is 2. The normalized spacial score (nSPS) is 18.9. The van der Waals surface area contributed by atoms with Gasteiger partial charge in [-0.25, -0.2) is 0 Å². The first-order valence-corrected chi connectivity index (χ1v) is 8.67. The van der Waals surface area contributed by atoms with Crippen molar-refractivity contribution in [3.8, 4) is 0 Å². The van der Waals surface area contributed by atoms with Gasteiger partial charge in [0.05, 0.1) is 5.69 Å². The van der Waals surface area contributed by atoms with Gasteiger partial charge in [0, 0.05) is 34.4 Å². The number of rotatable bonds is 3. The fraction of sp³-hybridized carbons (Fsp3) is 0.300. The third-order valence-electron chi connectivity index (χ3n) is 5.25. The number of pyridine rings is 1. The van der Waals surface area contributed by atoms with Crippen LogP contribution in [0.1, 0.15) is 46.9 Å². The van der Waals surface area contributed by atoms with E-state index in [-0.39, 0.29) is 5.78 Å². The minimum absolute atomic E-state index is 0.0282. The van der Waals surface area contributed by atoms with Gasteiger partial charge in [0.15, 0.2) is 5.78 Å². The topological polar surface area (TPSA) is 97.8 Å². The Morgan fingerprint density at radius 1 is 1.32 bits per heavy atom. The first-order valence-electron chi connectivity index (χ1n) is 8.67. The standard InChI is InChI=1S/C20H22N4O/c1-2-12-8-16-15-9-13(18(25)14-4-3-7-23-11-14)5-6-17(15)24-19(16)20(21,22)10-12/h3-7,9,11-12,24H,2,8,10,21-22H2,1H3. The van der Waals surface area contributed by atoms with E-state index in [0.29, 0.717) is 17.0 Å². The fourth-order valence-corrected chi connectivity index (χ4v) is 3.89. The maximum Gasteiger partial charge on any atom is 0.194 e. The predicted molar refractivity (Wildman–Crippen MR) is 98.1 cm³/mol. The molecule has 0 spiro atoms. The van der Waals surface area contributed by atoms with Crippen molar-refractivity contribution in [3.05, 3.63) is 65.1 Å². The SMILES string of the molecule is CCC1Cc2c([nH]c3ccc(C(=O)c4cccnc4)cc23)C(N)(N)C1. The minimum Gasteiger partial charge on any atom is -0.356 e. The number of nitrogens with zero attached hydrogens (tertiary/aromatic N) is 1. The van der Waals surface area contributed by atoms with E-state index in [9.17, 15) is 4.79 Å². The molecular formula is C20H22N4O. The van der Waals surface area contributed by atoms with Crippen LogP contribution in [0.15, 0.2) is 42.7 Å². The number of hydrogen-bond acceptors (Lipinski definition) is 4. The lowest BCUT2D eigenvalue weighted by Crippen LogP contribution is -2.50. The Hall–Kier alpha value is -2.50. The summed E-state index contributed by atoms with van der Waals surface area (Å²) < 4.78 is 0. The zero-order valence-corrected chi connectivity index (χ0v) is 14.3. The summed E-state index contributed by atoms with van der Waals surface area (Å²) in [5, 5.41) is 1.04. The Morgan fingerprint density at radius 2 is 2.16 bits per heavy atom. The van der Waals surface area contributed by atoms with Crippen LogP contribution in [0, 0.1) is 5.92 Å². The van der Waals surface area contributed by atoms with Crippen LogP contribution in [-0.2, 0) is 12.1 Å². The molecule has 5 heteroatoms. The van der Waals surface area contributed by atoms with E-state index in [4.69, 9.17) is 11.5 Å². The number of nitrogens with one attached hydrogen (secondary N) is 1. The molecule has 2 heterocycles. The molecule has 3 aromatic rings. The minimum atomic E-state index is -0.846. The number of ketones is 1. The van der Waals surface area contributed by atoms with Crippen molar-refractivity contribution in [3.63, 3.8) is 0 Å². The molecule has 0 bridgehead atoms. The number of fused-ring (bicyclic) bond motifs is 3. The quantitative estimate of drug-likeness (QED) is 0.507. The average molecular weight is 334 g/mol. The molecule has 128 valence electrons. The van der Waals surface area contributed by atoms with Crippen LogP contribution >= 0.6 is 0 Å². The number of carbonyl (C=O) groups excluding carboxylic acids is 1. The Labute approximate surface area is 146 Å². The van der Waals surface area contributed by atoms with Crippen LogP contribution in [0.2, 0.25) is 0 Å². The van der Waals surface area contributed by atoms with E-state index in [1.807, 2.05) is 18.2 Å². The summed E-state index contributed by atoms with van der Waals surface area (Å²) in [6.07, 6.45) is 6.00. The first kappa shape index (κ1) is 16.0. The molecule has 4 rings (SSSR count). The molecule has 0 saturated carbocycles. The van der Waals surface area contributed by atoms with E-state index in [0.717, 1.165) is 41.4 Å². The Bertz CT molecular complexity index is 943. The van der Waals surface area contributed by atoms with E-state index in [1.54, 1.807) is 24.5 Å². The average Bonchev–Trinajstić information content (AvgIpc) is 3.00. The van der Waals surface area contributed by atoms with Gasteiger partial charge in [-0.15, -0.1) is 0 Å². The zero-order chi connectivity index (χ0) is 17.6. The van der Waals surface area contributed by atoms with Gasteiger partial charge in [-0.3, -0.25) is 9.78 Å². The van der Waals surface area contributed by atoms with Gasteiger partial charge in [-0.2, -0.15) is 0 Å². The van der Waals surface area contributed by atoms with Crippen molar-refractivity contribution in [1.29, 1.82) is 0 Å². The van der Waals surface area contributed by atoms with Crippen molar-refractivity contribution >= 4 is 16.7 Å². The van der Waals surface area contributed by atoms with Gasteiger partial charge in [-0.05, 0) is 54.7 Å². The highest BCUT2D eigenvalue weighted by Crippen LogP contribution is 2.38. The van der Waals surface area contributed by atoms with Crippen LogP contribution in [0.4, 0.5) is 0 Å². The molecule has 2 aromatic heterocycles. The van der Waals surface area contributed by atoms with Crippen LogP contribution < -0.4 is 11.5 Å². The van der Waals surface area contributed by atoms with E-state index >= 15 is 0 Å². The highest BCUT2D eigenvalue weighted by Gasteiger charge is 2.36. The number of carbonyl (C=O) groups is 1. The predicted octanol–water partition coefficient (Wildman–Crippen LogP) is 2.84. The molecule has 1 atom stereocenters. The highest BCUT2D eigenvalue weighted by atomic mass is 16.1. The summed E-state index contributed by atoms with van der Waals surface area (Å²) in [6.45, 7) is 2.16. The third kappa shape index (κ3) is 2.65. The Morgan fingerprint density at radius 3 is 2.88 bits per heavy atom. The molecule has 0 radical (unpaired) electrons. The maximum atomic E-state index is 12.7. The second kappa shape index (κ2) is 5.79.